The summed E-state index contributed by atoms with van der Waals surface area (Å²) < 4.78 is 1.13. The number of nitrogens with zero attached hydrogens (tertiary/aromatic N) is 3. The molecule has 0 aliphatic rings. The van der Waals surface area contributed by atoms with E-state index in [4.69, 9.17) is 23.2 Å². The lowest BCUT2D eigenvalue weighted by Gasteiger charge is -2.00. The van der Waals surface area contributed by atoms with E-state index >= 15 is 0 Å². The zero-order valence-corrected chi connectivity index (χ0v) is 8.67. The van der Waals surface area contributed by atoms with Gasteiger partial charge in [0.15, 0.2) is 0 Å². The van der Waals surface area contributed by atoms with Crippen LogP contribution in [0.4, 0.5) is 0 Å². The Morgan fingerprint density at radius 1 is 1.36 bits per heavy atom. The van der Waals surface area contributed by atoms with Gasteiger partial charge in [0.05, 0.1) is 10.4 Å². The second-order valence-electron chi connectivity index (χ2n) is 2.80. The van der Waals surface area contributed by atoms with Crippen molar-refractivity contribution in [3.8, 4) is 0 Å². The number of aromatic nitrogens is 3. The van der Waals surface area contributed by atoms with Crippen LogP contribution >= 0.6 is 23.2 Å². The van der Waals surface area contributed by atoms with Crippen molar-refractivity contribution < 1.29 is 0 Å². The lowest BCUT2D eigenvalue weighted by molar-refractivity contribution is 0.656. The first-order valence-corrected chi connectivity index (χ1v) is 4.54. The number of fused-ring (bicyclic) bond motifs is 1. The van der Waals surface area contributed by atoms with Crippen LogP contribution in [-0.2, 0) is 7.05 Å². The molecule has 0 bridgehead atoms. The molecular weight excluding hydrogens is 225 g/mol. The lowest BCUT2D eigenvalue weighted by atomic mass is 10.2. The minimum atomic E-state index is -0.264. The Labute approximate surface area is 89.1 Å². The Balaban J connectivity index is 3.03. The van der Waals surface area contributed by atoms with Crippen molar-refractivity contribution in [2.45, 2.75) is 0 Å². The standard InChI is InChI=1S/C8H5Cl2N3O/c1-13-8(14)5-2-4(9)3-6(10)7(5)11-12-13/h2-3H,1H3. The van der Waals surface area contributed by atoms with Gasteiger partial charge in [0.1, 0.15) is 5.52 Å². The molecular formula is C8H5Cl2N3O. The molecule has 2 aromatic rings. The van der Waals surface area contributed by atoms with Crippen LogP contribution in [0.2, 0.25) is 10.0 Å². The first-order valence-electron chi connectivity index (χ1n) is 3.78. The summed E-state index contributed by atoms with van der Waals surface area (Å²) in [6, 6.07) is 3.05. The zero-order valence-electron chi connectivity index (χ0n) is 7.16. The van der Waals surface area contributed by atoms with E-state index in [-0.39, 0.29) is 5.56 Å². The molecule has 2 rings (SSSR count). The summed E-state index contributed by atoms with van der Waals surface area (Å²) in [5.74, 6) is 0. The largest absolute Gasteiger partial charge is 0.277 e. The lowest BCUT2D eigenvalue weighted by Crippen LogP contribution is -2.20. The molecule has 0 aliphatic heterocycles. The van der Waals surface area contributed by atoms with E-state index in [1.165, 1.54) is 19.2 Å². The number of aryl methyl sites for hydroxylation is 1. The smallest absolute Gasteiger partial charge is 0.267 e. The molecule has 0 saturated carbocycles. The molecule has 72 valence electrons. The van der Waals surface area contributed by atoms with E-state index < -0.39 is 0 Å². The van der Waals surface area contributed by atoms with Gasteiger partial charge in [-0.2, -0.15) is 0 Å². The first kappa shape index (κ1) is 9.43. The predicted molar refractivity (Wildman–Crippen MR) is 54.8 cm³/mol. The average Bonchev–Trinajstić information content (AvgIpc) is 2.12. The van der Waals surface area contributed by atoms with Gasteiger partial charge >= 0.3 is 0 Å². The van der Waals surface area contributed by atoms with E-state index in [0.29, 0.717) is 20.9 Å². The second-order valence-corrected chi connectivity index (χ2v) is 3.65. The molecule has 14 heavy (non-hydrogen) atoms. The first-order chi connectivity index (χ1) is 6.59. The Morgan fingerprint density at radius 2 is 2.07 bits per heavy atom. The Kier molecular flexibility index (Phi) is 2.17. The molecule has 1 aromatic carbocycles. The number of hydrogen-bond donors (Lipinski definition) is 0. The Morgan fingerprint density at radius 3 is 2.79 bits per heavy atom. The van der Waals surface area contributed by atoms with Crippen LogP contribution in [0.15, 0.2) is 16.9 Å². The molecule has 1 aromatic heterocycles. The molecule has 0 unspecified atom stereocenters. The van der Waals surface area contributed by atoms with Gasteiger partial charge in [0, 0.05) is 12.1 Å². The third kappa shape index (κ3) is 1.36. The molecule has 0 radical (unpaired) electrons. The maximum absolute atomic E-state index is 11.6. The highest BCUT2D eigenvalue weighted by Gasteiger charge is 2.07. The maximum Gasteiger partial charge on any atom is 0.277 e. The summed E-state index contributed by atoms with van der Waals surface area (Å²) in [7, 11) is 1.52. The number of rotatable bonds is 0. The molecule has 0 amide bonds. The molecule has 1 heterocycles. The quantitative estimate of drug-likeness (QED) is 0.691. The summed E-state index contributed by atoms with van der Waals surface area (Å²) in [5.41, 5.74) is 0.110. The van der Waals surface area contributed by atoms with Gasteiger partial charge < -0.3 is 0 Å². The van der Waals surface area contributed by atoms with E-state index in [9.17, 15) is 4.79 Å². The highest BCUT2D eigenvalue weighted by molar-refractivity contribution is 6.38. The summed E-state index contributed by atoms with van der Waals surface area (Å²) in [5, 5.41) is 8.54. The van der Waals surface area contributed by atoms with Crippen LogP contribution in [-0.4, -0.2) is 15.0 Å². The third-order valence-electron chi connectivity index (χ3n) is 1.83. The van der Waals surface area contributed by atoms with Gasteiger partial charge in [-0.25, -0.2) is 4.68 Å². The highest BCUT2D eigenvalue weighted by Crippen LogP contribution is 2.23. The normalized spacial score (nSPS) is 10.8. The van der Waals surface area contributed by atoms with Crippen molar-refractivity contribution in [1.29, 1.82) is 0 Å². The SMILES string of the molecule is Cn1nnc2c(Cl)cc(Cl)cc2c1=O. The molecule has 0 fully saturated rings. The van der Waals surface area contributed by atoms with Crippen LogP contribution in [0.3, 0.4) is 0 Å². The number of hydrogen-bond acceptors (Lipinski definition) is 3. The molecule has 0 aliphatic carbocycles. The van der Waals surface area contributed by atoms with Crippen molar-refractivity contribution in [1.82, 2.24) is 15.0 Å². The molecule has 6 heteroatoms. The molecule has 4 nitrogen and oxygen atoms in total. The highest BCUT2D eigenvalue weighted by atomic mass is 35.5. The summed E-state index contributed by atoms with van der Waals surface area (Å²) in [6.07, 6.45) is 0. The molecule has 0 saturated heterocycles. The Bertz CT molecular complexity index is 564. The molecule has 0 N–H and O–H groups in total. The van der Waals surface area contributed by atoms with E-state index in [0.717, 1.165) is 4.68 Å². The van der Waals surface area contributed by atoms with Crippen molar-refractivity contribution in [3.05, 3.63) is 32.5 Å². The van der Waals surface area contributed by atoms with E-state index in [1.54, 1.807) is 0 Å². The fourth-order valence-corrected chi connectivity index (χ4v) is 1.69. The van der Waals surface area contributed by atoms with Gasteiger partial charge in [0.2, 0.25) is 0 Å². The van der Waals surface area contributed by atoms with Crippen LogP contribution in [0.25, 0.3) is 10.9 Å². The van der Waals surface area contributed by atoms with Crippen molar-refractivity contribution in [2.75, 3.05) is 0 Å². The molecule has 0 spiro atoms. The third-order valence-corrected chi connectivity index (χ3v) is 2.34. The Hall–Kier alpha value is -1.13. The summed E-state index contributed by atoms with van der Waals surface area (Å²) >= 11 is 11.6. The van der Waals surface area contributed by atoms with Gasteiger partial charge in [-0.05, 0) is 12.1 Å². The summed E-state index contributed by atoms with van der Waals surface area (Å²) in [6.45, 7) is 0. The van der Waals surface area contributed by atoms with E-state index in [1.807, 2.05) is 0 Å². The predicted octanol–water partition coefficient (Wildman–Crippen LogP) is 1.64. The fourth-order valence-electron chi connectivity index (χ4n) is 1.16. The number of halogens is 2. The second kappa shape index (κ2) is 3.22. The number of benzene rings is 1. The van der Waals surface area contributed by atoms with Crippen LogP contribution in [0.5, 0.6) is 0 Å². The van der Waals surface area contributed by atoms with Crippen molar-refractivity contribution in [3.63, 3.8) is 0 Å². The minimum absolute atomic E-state index is 0.264. The fraction of sp³-hybridized carbons (Fsp3) is 0.125. The summed E-state index contributed by atoms with van der Waals surface area (Å²) in [4.78, 5) is 11.6. The van der Waals surface area contributed by atoms with Crippen LogP contribution in [0, 0.1) is 0 Å². The van der Waals surface area contributed by atoms with Gasteiger partial charge in [-0.1, -0.05) is 28.4 Å². The van der Waals surface area contributed by atoms with Gasteiger partial charge in [0.25, 0.3) is 5.56 Å². The van der Waals surface area contributed by atoms with Crippen LogP contribution < -0.4 is 5.56 Å². The van der Waals surface area contributed by atoms with E-state index in [2.05, 4.69) is 10.3 Å². The minimum Gasteiger partial charge on any atom is -0.267 e. The van der Waals surface area contributed by atoms with Crippen molar-refractivity contribution in [2.24, 2.45) is 7.05 Å². The monoisotopic (exact) mass is 229 g/mol. The molecule has 0 atom stereocenters. The van der Waals surface area contributed by atoms with Gasteiger partial charge in [-0.15, -0.1) is 5.10 Å². The van der Waals surface area contributed by atoms with Crippen molar-refractivity contribution >= 4 is 34.1 Å². The maximum atomic E-state index is 11.6. The van der Waals surface area contributed by atoms with Crippen LogP contribution in [0.1, 0.15) is 0 Å². The topological polar surface area (TPSA) is 47.8 Å². The average molecular weight is 230 g/mol. The zero-order chi connectivity index (χ0) is 10.3. The van der Waals surface area contributed by atoms with Gasteiger partial charge in [-0.3, -0.25) is 4.79 Å².